The summed E-state index contributed by atoms with van der Waals surface area (Å²) in [6.45, 7) is 4.67. The van der Waals surface area contributed by atoms with E-state index in [0.717, 1.165) is 42.8 Å². The van der Waals surface area contributed by atoms with Crippen molar-refractivity contribution in [3.63, 3.8) is 0 Å². The highest BCUT2D eigenvalue weighted by Gasteiger charge is 2.30. The van der Waals surface area contributed by atoms with Crippen LogP contribution < -0.4 is 5.73 Å². The van der Waals surface area contributed by atoms with Crippen molar-refractivity contribution in [1.82, 2.24) is 10.1 Å². The topological polar surface area (TPSA) is 64.9 Å². The molecule has 2 N–H and O–H groups in total. The second-order valence-electron chi connectivity index (χ2n) is 7.47. The SMILES string of the molecule is CC(C)C1CCC(c2noc(C3CCCC(N)C3)n2)CC1. The van der Waals surface area contributed by atoms with Crippen molar-refractivity contribution in [2.24, 2.45) is 17.6 Å². The minimum absolute atomic E-state index is 0.306. The maximum atomic E-state index is 6.07. The zero-order valence-electron chi connectivity index (χ0n) is 13.4. The summed E-state index contributed by atoms with van der Waals surface area (Å²) < 4.78 is 5.56. The minimum atomic E-state index is 0.306. The maximum Gasteiger partial charge on any atom is 0.229 e. The van der Waals surface area contributed by atoms with E-state index in [1.54, 1.807) is 0 Å². The molecule has 118 valence electrons. The Bertz CT molecular complexity index is 449. The highest BCUT2D eigenvalue weighted by Crippen LogP contribution is 2.38. The van der Waals surface area contributed by atoms with Crippen LogP contribution >= 0.6 is 0 Å². The fraction of sp³-hybridized carbons (Fsp3) is 0.882. The smallest absolute Gasteiger partial charge is 0.229 e. The first-order valence-electron chi connectivity index (χ1n) is 8.72. The van der Waals surface area contributed by atoms with E-state index in [1.807, 2.05) is 0 Å². The van der Waals surface area contributed by atoms with E-state index in [0.29, 0.717) is 17.9 Å². The molecule has 2 saturated carbocycles. The van der Waals surface area contributed by atoms with Crippen LogP contribution in [0, 0.1) is 11.8 Å². The van der Waals surface area contributed by atoms with Crippen molar-refractivity contribution < 1.29 is 4.52 Å². The second kappa shape index (κ2) is 6.47. The van der Waals surface area contributed by atoms with Gasteiger partial charge in [0.2, 0.25) is 5.89 Å². The molecule has 2 unspecified atom stereocenters. The highest BCUT2D eigenvalue weighted by atomic mass is 16.5. The third-order valence-electron chi connectivity index (χ3n) is 5.60. The van der Waals surface area contributed by atoms with E-state index in [2.05, 4.69) is 19.0 Å². The lowest BCUT2D eigenvalue weighted by molar-refractivity contribution is 0.250. The van der Waals surface area contributed by atoms with E-state index in [-0.39, 0.29) is 0 Å². The van der Waals surface area contributed by atoms with Crippen molar-refractivity contribution in [2.45, 2.75) is 83.1 Å². The van der Waals surface area contributed by atoms with E-state index in [1.165, 1.54) is 32.1 Å². The Morgan fingerprint density at radius 1 is 1.05 bits per heavy atom. The molecule has 0 bridgehead atoms. The van der Waals surface area contributed by atoms with Crippen LogP contribution in [0.2, 0.25) is 0 Å². The van der Waals surface area contributed by atoms with Crippen LogP contribution in [0.4, 0.5) is 0 Å². The molecule has 21 heavy (non-hydrogen) atoms. The molecule has 4 nitrogen and oxygen atoms in total. The fourth-order valence-corrected chi connectivity index (χ4v) is 4.07. The van der Waals surface area contributed by atoms with Gasteiger partial charge < -0.3 is 10.3 Å². The molecule has 2 fully saturated rings. The van der Waals surface area contributed by atoms with Crippen LogP contribution in [0.15, 0.2) is 4.52 Å². The van der Waals surface area contributed by atoms with Gasteiger partial charge in [0.15, 0.2) is 5.82 Å². The first kappa shape index (κ1) is 15.0. The van der Waals surface area contributed by atoms with Gasteiger partial charge in [0.1, 0.15) is 0 Å². The molecule has 1 aromatic heterocycles. The van der Waals surface area contributed by atoms with E-state index in [4.69, 9.17) is 15.2 Å². The highest BCUT2D eigenvalue weighted by molar-refractivity contribution is 5.02. The predicted octanol–water partition coefficient (Wildman–Crippen LogP) is 3.98. The van der Waals surface area contributed by atoms with Gasteiger partial charge in [0, 0.05) is 17.9 Å². The molecule has 3 rings (SSSR count). The number of nitrogens with two attached hydrogens (primary N) is 1. The first-order valence-corrected chi connectivity index (χ1v) is 8.72. The fourth-order valence-electron chi connectivity index (χ4n) is 4.07. The summed E-state index contributed by atoms with van der Waals surface area (Å²) in [5, 5.41) is 4.28. The molecule has 0 amide bonds. The number of hydrogen-bond donors (Lipinski definition) is 1. The molecular weight excluding hydrogens is 262 g/mol. The summed E-state index contributed by atoms with van der Waals surface area (Å²) in [5.74, 6) is 4.37. The number of nitrogens with zero attached hydrogens (tertiary/aromatic N) is 2. The first-order chi connectivity index (χ1) is 10.1. The predicted molar refractivity (Wildman–Crippen MR) is 83.0 cm³/mol. The molecule has 0 saturated heterocycles. The van der Waals surface area contributed by atoms with Crippen molar-refractivity contribution in [1.29, 1.82) is 0 Å². The van der Waals surface area contributed by atoms with Gasteiger partial charge in [-0.2, -0.15) is 4.98 Å². The average molecular weight is 291 g/mol. The number of rotatable bonds is 3. The van der Waals surface area contributed by atoms with Gasteiger partial charge in [0.05, 0.1) is 0 Å². The van der Waals surface area contributed by atoms with Crippen LogP contribution in [0.25, 0.3) is 0 Å². The van der Waals surface area contributed by atoms with Crippen molar-refractivity contribution >= 4 is 0 Å². The Labute approximate surface area is 127 Å². The molecule has 4 heteroatoms. The molecule has 1 aromatic rings. The van der Waals surface area contributed by atoms with Gasteiger partial charge in [-0.3, -0.25) is 0 Å². The van der Waals surface area contributed by atoms with E-state index in [9.17, 15) is 0 Å². The Morgan fingerprint density at radius 2 is 1.81 bits per heavy atom. The van der Waals surface area contributed by atoms with Crippen LogP contribution in [0.5, 0.6) is 0 Å². The monoisotopic (exact) mass is 291 g/mol. The van der Waals surface area contributed by atoms with Crippen LogP contribution in [-0.4, -0.2) is 16.2 Å². The third kappa shape index (κ3) is 3.47. The van der Waals surface area contributed by atoms with Crippen molar-refractivity contribution in [2.75, 3.05) is 0 Å². The van der Waals surface area contributed by atoms with Gasteiger partial charge in [0.25, 0.3) is 0 Å². The Balaban J connectivity index is 1.60. The van der Waals surface area contributed by atoms with Gasteiger partial charge >= 0.3 is 0 Å². The maximum absolute atomic E-state index is 6.07. The van der Waals surface area contributed by atoms with E-state index < -0.39 is 0 Å². The van der Waals surface area contributed by atoms with Crippen LogP contribution in [0.1, 0.15) is 88.8 Å². The molecule has 0 aromatic carbocycles. The summed E-state index contributed by atoms with van der Waals surface area (Å²) in [4.78, 5) is 4.73. The van der Waals surface area contributed by atoms with E-state index >= 15 is 0 Å². The third-order valence-corrected chi connectivity index (χ3v) is 5.60. The lowest BCUT2D eigenvalue weighted by atomic mass is 9.77. The summed E-state index contributed by atoms with van der Waals surface area (Å²) in [6, 6.07) is 0.306. The van der Waals surface area contributed by atoms with Gasteiger partial charge in [-0.1, -0.05) is 25.4 Å². The summed E-state index contributed by atoms with van der Waals surface area (Å²) >= 11 is 0. The summed E-state index contributed by atoms with van der Waals surface area (Å²) in [7, 11) is 0. The Kier molecular flexibility index (Phi) is 4.63. The summed E-state index contributed by atoms with van der Waals surface area (Å²) in [5.41, 5.74) is 6.07. The van der Waals surface area contributed by atoms with Crippen molar-refractivity contribution in [3.8, 4) is 0 Å². The van der Waals surface area contributed by atoms with Crippen molar-refractivity contribution in [3.05, 3.63) is 11.7 Å². The zero-order chi connectivity index (χ0) is 14.8. The molecule has 2 atom stereocenters. The zero-order valence-corrected chi connectivity index (χ0v) is 13.4. The largest absolute Gasteiger partial charge is 0.339 e. The number of aromatic nitrogens is 2. The molecule has 2 aliphatic carbocycles. The molecular formula is C17H29N3O. The molecule has 0 radical (unpaired) electrons. The molecule has 1 heterocycles. The van der Waals surface area contributed by atoms with Crippen LogP contribution in [-0.2, 0) is 0 Å². The minimum Gasteiger partial charge on any atom is -0.339 e. The Hall–Kier alpha value is -0.900. The van der Waals surface area contributed by atoms with Gasteiger partial charge in [-0.25, -0.2) is 0 Å². The van der Waals surface area contributed by atoms with Gasteiger partial charge in [-0.05, 0) is 56.8 Å². The average Bonchev–Trinajstić information content (AvgIpc) is 2.97. The molecule has 0 aliphatic heterocycles. The second-order valence-corrected chi connectivity index (χ2v) is 7.47. The quantitative estimate of drug-likeness (QED) is 0.914. The summed E-state index contributed by atoms with van der Waals surface area (Å²) in [6.07, 6.45) is 9.51. The molecule has 2 aliphatic rings. The van der Waals surface area contributed by atoms with Crippen LogP contribution in [0.3, 0.4) is 0 Å². The Morgan fingerprint density at radius 3 is 2.48 bits per heavy atom. The lowest BCUT2D eigenvalue weighted by Gasteiger charge is -2.29. The van der Waals surface area contributed by atoms with Gasteiger partial charge in [-0.15, -0.1) is 0 Å². The number of hydrogen-bond acceptors (Lipinski definition) is 4. The lowest BCUT2D eigenvalue weighted by Crippen LogP contribution is -2.27. The molecule has 0 spiro atoms. The normalized spacial score (nSPS) is 34.3. The standard InChI is InChI=1S/C17H29N3O/c1-11(2)12-6-8-13(9-7-12)16-19-17(21-20-16)14-4-3-5-15(18)10-14/h11-15H,3-10,18H2,1-2H3.